The molecule has 0 bridgehead atoms. The molecule has 0 aliphatic heterocycles. The van der Waals surface area contributed by atoms with Crippen LogP contribution in [0.4, 0.5) is 0 Å². The number of aryl methyl sites for hydroxylation is 1. The van der Waals surface area contributed by atoms with Crippen LogP contribution in [0.1, 0.15) is 5.82 Å². The number of aromatic nitrogens is 4. The molecule has 0 saturated carbocycles. The largest absolute Gasteiger partial charge is 0.263 e. The molecule has 4 rings (SSSR count). The van der Waals surface area contributed by atoms with E-state index in [4.69, 9.17) is 0 Å². The first-order chi connectivity index (χ1) is 9.34. The highest BCUT2D eigenvalue weighted by molar-refractivity contribution is 5.80. The normalized spacial score (nSPS) is 11.4. The van der Waals surface area contributed by atoms with Gasteiger partial charge in [0.25, 0.3) is 0 Å². The molecule has 4 nitrogen and oxygen atoms in total. The van der Waals surface area contributed by atoms with E-state index in [0.717, 1.165) is 28.3 Å². The minimum absolute atomic E-state index is 0.852. The van der Waals surface area contributed by atoms with E-state index in [9.17, 15) is 0 Å². The Hall–Kier alpha value is -2.62. The van der Waals surface area contributed by atoms with Crippen LogP contribution < -0.4 is 0 Å². The molecule has 2 heterocycles. The van der Waals surface area contributed by atoms with Gasteiger partial charge in [0.15, 0.2) is 0 Å². The first kappa shape index (κ1) is 10.3. The fourth-order valence-electron chi connectivity index (χ4n) is 2.45. The first-order valence-corrected chi connectivity index (χ1v) is 6.23. The van der Waals surface area contributed by atoms with Gasteiger partial charge in [0.2, 0.25) is 5.78 Å². The SMILES string of the molecule is Cc1nn(-c2ccccc2)c2nc3ccccc3n12. The molecule has 0 spiro atoms. The maximum atomic E-state index is 4.68. The molecule has 0 saturated heterocycles. The van der Waals surface area contributed by atoms with Crippen LogP contribution in [-0.2, 0) is 0 Å². The first-order valence-electron chi connectivity index (χ1n) is 6.23. The van der Waals surface area contributed by atoms with Gasteiger partial charge < -0.3 is 0 Å². The summed E-state index contributed by atoms with van der Waals surface area (Å²) in [5, 5.41) is 4.59. The number of nitrogens with zero attached hydrogens (tertiary/aromatic N) is 4. The Labute approximate surface area is 109 Å². The quantitative estimate of drug-likeness (QED) is 0.519. The van der Waals surface area contributed by atoms with E-state index in [1.807, 2.05) is 60.1 Å². The van der Waals surface area contributed by atoms with Crippen LogP contribution in [0.2, 0.25) is 0 Å². The Morgan fingerprint density at radius 3 is 2.47 bits per heavy atom. The van der Waals surface area contributed by atoms with Crippen molar-refractivity contribution in [1.82, 2.24) is 19.2 Å². The number of para-hydroxylation sites is 3. The predicted molar refractivity (Wildman–Crippen MR) is 74.6 cm³/mol. The van der Waals surface area contributed by atoms with Crippen LogP contribution in [-0.4, -0.2) is 19.2 Å². The molecule has 0 radical (unpaired) electrons. The number of imidazole rings is 1. The number of hydrogen-bond donors (Lipinski definition) is 0. The van der Waals surface area contributed by atoms with Crippen LogP contribution in [0.15, 0.2) is 54.6 Å². The van der Waals surface area contributed by atoms with Gasteiger partial charge in [0.1, 0.15) is 5.82 Å². The molecular weight excluding hydrogens is 236 g/mol. The number of benzene rings is 2. The molecule has 92 valence electrons. The predicted octanol–water partition coefficient (Wildman–Crippen LogP) is 2.98. The van der Waals surface area contributed by atoms with Crippen molar-refractivity contribution in [1.29, 1.82) is 0 Å². The summed E-state index contributed by atoms with van der Waals surface area (Å²) in [6, 6.07) is 18.2. The Balaban J connectivity index is 2.13. The molecule has 0 amide bonds. The zero-order chi connectivity index (χ0) is 12.8. The highest BCUT2D eigenvalue weighted by Crippen LogP contribution is 2.20. The summed E-state index contributed by atoms with van der Waals surface area (Å²) < 4.78 is 3.97. The lowest BCUT2D eigenvalue weighted by atomic mass is 10.3. The van der Waals surface area contributed by atoms with Crippen LogP contribution >= 0.6 is 0 Å². The van der Waals surface area contributed by atoms with Gasteiger partial charge in [0, 0.05) is 0 Å². The van der Waals surface area contributed by atoms with Gasteiger partial charge in [-0.25, -0.2) is 4.98 Å². The average Bonchev–Trinajstić information content (AvgIpc) is 2.98. The summed E-state index contributed by atoms with van der Waals surface area (Å²) in [4.78, 5) is 4.68. The second-order valence-corrected chi connectivity index (χ2v) is 4.53. The van der Waals surface area contributed by atoms with Gasteiger partial charge in [-0.1, -0.05) is 30.3 Å². The van der Waals surface area contributed by atoms with E-state index >= 15 is 0 Å². The molecule has 0 unspecified atom stereocenters. The number of rotatable bonds is 1. The Bertz CT molecular complexity index is 871. The van der Waals surface area contributed by atoms with Crippen molar-refractivity contribution in [2.75, 3.05) is 0 Å². The van der Waals surface area contributed by atoms with Crippen molar-refractivity contribution in [2.45, 2.75) is 6.92 Å². The number of hydrogen-bond acceptors (Lipinski definition) is 2. The maximum Gasteiger partial charge on any atom is 0.238 e. The molecule has 2 aromatic carbocycles. The fourth-order valence-corrected chi connectivity index (χ4v) is 2.45. The van der Waals surface area contributed by atoms with E-state index in [1.165, 1.54) is 0 Å². The Morgan fingerprint density at radius 2 is 1.63 bits per heavy atom. The molecule has 0 fully saturated rings. The molecule has 2 aromatic heterocycles. The van der Waals surface area contributed by atoms with Crippen molar-refractivity contribution in [2.24, 2.45) is 0 Å². The molecule has 4 aromatic rings. The van der Waals surface area contributed by atoms with Gasteiger partial charge in [0.05, 0.1) is 16.7 Å². The standard InChI is InChI=1S/C15H12N4/c1-11-17-19(12-7-3-2-4-8-12)15-16-13-9-5-6-10-14(13)18(11)15/h2-10H,1H3. The third-order valence-corrected chi connectivity index (χ3v) is 3.30. The summed E-state index contributed by atoms with van der Waals surface area (Å²) in [5.74, 6) is 1.79. The third-order valence-electron chi connectivity index (χ3n) is 3.30. The van der Waals surface area contributed by atoms with Crippen LogP contribution in [0.25, 0.3) is 22.5 Å². The van der Waals surface area contributed by atoms with E-state index in [-0.39, 0.29) is 0 Å². The summed E-state index contributed by atoms with van der Waals surface area (Å²) >= 11 is 0. The van der Waals surface area contributed by atoms with Crippen molar-refractivity contribution in [3.63, 3.8) is 0 Å². The van der Waals surface area contributed by atoms with E-state index in [0.29, 0.717) is 0 Å². The van der Waals surface area contributed by atoms with E-state index in [1.54, 1.807) is 0 Å². The summed E-state index contributed by atoms with van der Waals surface area (Å²) in [6.45, 7) is 2.00. The molecule has 0 atom stereocenters. The molecule has 0 aliphatic rings. The van der Waals surface area contributed by atoms with Gasteiger partial charge in [-0.2, -0.15) is 9.78 Å². The monoisotopic (exact) mass is 248 g/mol. The van der Waals surface area contributed by atoms with Crippen molar-refractivity contribution in [3.8, 4) is 5.69 Å². The smallest absolute Gasteiger partial charge is 0.238 e. The topological polar surface area (TPSA) is 35.1 Å². The summed E-state index contributed by atoms with van der Waals surface area (Å²) in [7, 11) is 0. The van der Waals surface area contributed by atoms with Crippen molar-refractivity contribution >= 4 is 16.8 Å². The molecule has 4 heteroatoms. The lowest BCUT2D eigenvalue weighted by molar-refractivity contribution is 0.877. The summed E-state index contributed by atoms with van der Waals surface area (Å²) in [5.41, 5.74) is 3.11. The highest BCUT2D eigenvalue weighted by Gasteiger charge is 2.13. The fraction of sp³-hybridized carbons (Fsp3) is 0.0667. The third kappa shape index (κ3) is 1.40. The highest BCUT2D eigenvalue weighted by atomic mass is 15.4. The van der Waals surface area contributed by atoms with Gasteiger partial charge in [-0.05, 0) is 31.2 Å². The van der Waals surface area contributed by atoms with Crippen LogP contribution in [0.5, 0.6) is 0 Å². The van der Waals surface area contributed by atoms with Gasteiger partial charge in [-0.15, -0.1) is 0 Å². The molecule has 19 heavy (non-hydrogen) atoms. The van der Waals surface area contributed by atoms with E-state index in [2.05, 4.69) is 20.5 Å². The van der Waals surface area contributed by atoms with Gasteiger partial charge in [-0.3, -0.25) is 4.40 Å². The minimum atomic E-state index is 0.852. The second-order valence-electron chi connectivity index (χ2n) is 4.53. The lowest BCUT2D eigenvalue weighted by Crippen LogP contribution is -1.96. The second kappa shape index (κ2) is 3.68. The average molecular weight is 248 g/mol. The molecular formula is C15H12N4. The van der Waals surface area contributed by atoms with Crippen LogP contribution in [0.3, 0.4) is 0 Å². The minimum Gasteiger partial charge on any atom is -0.263 e. The Kier molecular flexibility index (Phi) is 2.00. The Morgan fingerprint density at radius 1 is 0.895 bits per heavy atom. The van der Waals surface area contributed by atoms with Crippen LogP contribution in [0, 0.1) is 6.92 Å². The lowest BCUT2D eigenvalue weighted by Gasteiger charge is -1.98. The molecule has 0 N–H and O–H groups in total. The van der Waals surface area contributed by atoms with Crippen molar-refractivity contribution in [3.05, 3.63) is 60.4 Å². The summed E-state index contributed by atoms with van der Waals surface area (Å²) in [6.07, 6.45) is 0. The van der Waals surface area contributed by atoms with E-state index < -0.39 is 0 Å². The zero-order valence-electron chi connectivity index (χ0n) is 10.5. The zero-order valence-corrected chi connectivity index (χ0v) is 10.5. The number of fused-ring (bicyclic) bond motifs is 3. The van der Waals surface area contributed by atoms with Crippen molar-refractivity contribution < 1.29 is 0 Å². The molecule has 0 aliphatic carbocycles. The maximum absolute atomic E-state index is 4.68. The van der Waals surface area contributed by atoms with Gasteiger partial charge >= 0.3 is 0 Å².